The molecule has 82 valence electrons. The highest BCUT2D eigenvalue weighted by atomic mass is 19.3. The Hall–Kier alpha value is -0.180. The van der Waals surface area contributed by atoms with Gasteiger partial charge in [0.1, 0.15) is 0 Å². The van der Waals surface area contributed by atoms with Crippen LogP contribution >= 0.6 is 0 Å². The molecule has 0 aromatic carbocycles. The molecule has 2 saturated carbocycles. The van der Waals surface area contributed by atoms with Gasteiger partial charge in [-0.2, -0.15) is 0 Å². The molecular formula is C11H19F2N. The van der Waals surface area contributed by atoms with E-state index in [1.54, 1.807) is 0 Å². The summed E-state index contributed by atoms with van der Waals surface area (Å²) in [6.45, 7) is 0. The van der Waals surface area contributed by atoms with Crippen LogP contribution in [0.3, 0.4) is 0 Å². The van der Waals surface area contributed by atoms with Gasteiger partial charge in [-0.15, -0.1) is 0 Å². The predicted molar refractivity (Wildman–Crippen MR) is 52.3 cm³/mol. The topological polar surface area (TPSA) is 26.0 Å². The van der Waals surface area contributed by atoms with Gasteiger partial charge in [-0.25, -0.2) is 8.78 Å². The Morgan fingerprint density at radius 1 is 1.07 bits per heavy atom. The lowest BCUT2D eigenvalue weighted by atomic mass is 9.67. The van der Waals surface area contributed by atoms with Crippen molar-refractivity contribution in [1.82, 2.24) is 0 Å². The monoisotopic (exact) mass is 203 g/mol. The van der Waals surface area contributed by atoms with Crippen LogP contribution in [0.5, 0.6) is 0 Å². The molecule has 0 aromatic heterocycles. The Balaban J connectivity index is 1.80. The summed E-state index contributed by atoms with van der Waals surface area (Å²) in [7, 11) is 0. The number of hydrogen-bond acceptors (Lipinski definition) is 1. The third kappa shape index (κ3) is 2.25. The molecule has 0 spiro atoms. The quantitative estimate of drug-likeness (QED) is 0.733. The maximum Gasteiger partial charge on any atom is 0.251 e. The highest BCUT2D eigenvalue weighted by Gasteiger charge is 2.54. The van der Waals surface area contributed by atoms with Gasteiger partial charge in [-0.1, -0.05) is 32.1 Å². The summed E-state index contributed by atoms with van der Waals surface area (Å²) >= 11 is 0. The molecule has 0 amide bonds. The normalized spacial score (nSPS) is 31.1. The van der Waals surface area contributed by atoms with E-state index < -0.39 is 11.5 Å². The zero-order chi connectivity index (χ0) is 10.2. The second kappa shape index (κ2) is 3.44. The van der Waals surface area contributed by atoms with E-state index in [0.29, 0.717) is 5.92 Å². The minimum atomic E-state index is -2.47. The van der Waals surface area contributed by atoms with Gasteiger partial charge in [0.15, 0.2) is 0 Å². The summed E-state index contributed by atoms with van der Waals surface area (Å²) in [5, 5.41) is 0. The lowest BCUT2D eigenvalue weighted by Crippen LogP contribution is -2.59. The molecule has 2 fully saturated rings. The first kappa shape index (κ1) is 10.3. The van der Waals surface area contributed by atoms with Crippen LogP contribution in [0.15, 0.2) is 0 Å². The fraction of sp³-hybridized carbons (Fsp3) is 1.00. The standard InChI is InChI=1S/C11H19F2N/c12-11(13)7-10(14,8-11)6-9-4-2-1-3-5-9/h9H,1-8,14H2. The van der Waals surface area contributed by atoms with E-state index >= 15 is 0 Å². The van der Waals surface area contributed by atoms with Crippen LogP contribution in [0, 0.1) is 5.92 Å². The van der Waals surface area contributed by atoms with Crippen molar-refractivity contribution >= 4 is 0 Å². The zero-order valence-corrected chi connectivity index (χ0v) is 8.57. The minimum Gasteiger partial charge on any atom is -0.325 e. The van der Waals surface area contributed by atoms with Crippen molar-refractivity contribution < 1.29 is 8.78 Å². The second-order valence-corrected chi connectivity index (χ2v) is 5.28. The minimum absolute atomic E-state index is 0.0868. The molecule has 14 heavy (non-hydrogen) atoms. The lowest BCUT2D eigenvalue weighted by Gasteiger charge is -2.46. The number of alkyl halides is 2. The van der Waals surface area contributed by atoms with E-state index in [9.17, 15) is 8.78 Å². The molecule has 0 aromatic rings. The molecule has 2 rings (SSSR count). The van der Waals surface area contributed by atoms with Crippen molar-refractivity contribution in [3.63, 3.8) is 0 Å². The van der Waals surface area contributed by atoms with E-state index in [1.165, 1.54) is 32.1 Å². The van der Waals surface area contributed by atoms with Gasteiger partial charge in [-0.05, 0) is 12.3 Å². The summed E-state index contributed by atoms with van der Waals surface area (Å²) in [4.78, 5) is 0. The van der Waals surface area contributed by atoms with Crippen LogP contribution in [0.4, 0.5) is 8.78 Å². The number of rotatable bonds is 2. The molecule has 3 heteroatoms. The second-order valence-electron chi connectivity index (χ2n) is 5.28. The molecule has 2 N–H and O–H groups in total. The van der Waals surface area contributed by atoms with Crippen molar-refractivity contribution in [3.8, 4) is 0 Å². The van der Waals surface area contributed by atoms with Crippen LogP contribution < -0.4 is 5.73 Å². The number of halogens is 2. The number of hydrogen-bond donors (Lipinski definition) is 1. The van der Waals surface area contributed by atoms with Gasteiger partial charge in [0, 0.05) is 18.4 Å². The highest BCUT2D eigenvalue weighted by molar-refractivity contribution is 5.04. The fourth-order valence-corrected chi connectivity index (χ4v) is 3.09. The molecule has 2 aliphatic rings. The smallest absolute Gasteiger partial charge is 0.251 e. The van der Waals surface area contributed by atoms with Crippen LogP contribution in [0.2, 0.25) is 0 Å². The van der Waals surface area contributed by atoms with Crippen molar-refractivity contribution in [1.29, 1.82) is 0 Å². The van der Waals surface area contributed by atoms with Crippen LogP contribution in [0.25, 0.3) is 0 Å². The molecule has 0 bridgehead atoms. The lowest BCUT2D eigenvalue weighted by molar-refractivity contribution is -0.128. The van der Waals surface area contributed by atoms with Crippen molar-refractivity contribution in [3.05, 3.63) is 0 Å². The molecule has 1 nitrogen and oxygen atoms in total. The Morgan fingerprint density at radius 3 is 2.14 bits per heavy atom. The highest BCUT2D eigenvalue weighted by Crippen LogP contribution is 2.48. The summed E-state index contributed by atoms with van der Waals surface area (Å²) in [6.07, 6.45) is 6.88. The van der Waals surface area contributed by atoms with Crippen molar-refractivity contribution in [2.75, 3.05) is 0 Å². The Labute approximate surface area is 84.0 Å². The van der Waals surface area contributed by atoms with E-state index in [0.717, 1.165) is 6.42 Å². The molecule has 0 radical (unpaired) electrons. The summed E-state index contributed by atoms with van der Waals surface area (Å²) in [5.74, 6) is -1.85. The summed E-state index contributed by atoms with van der Waals surface area (Å²) < 4.78 is 25.4. The van der Waals surface area contributed by atoms with E-state index in [-0.39, 0.29) is 12.8 Å². The molecule has 2 aliphatic carbocycles. The molecule has 0 atom stereocenters. The average Bonchev–Trinajstić information content (AvgIpc) is 2.01. The van der Waals surface area contributed by atoms with E-state index in [2.05, 4.69) is 0 Å². The molecule has 0 saturated heterocycles. The van der Waals surface area contributed by atoms with Gasteiger partial charge in [-0.3, -0.25) is 0 Å². The largest absolute Gasteiger partial charge is 0.325 e. The van der Waals surface area contributed by atoms with Gasteiger partial charge >= 0.3 is 0 Å². The summed E-state index contributed by atoms with van der Waals surface area (Å²) in [5.41, 5.74) is 5.39. The zero-order valence-electron chi connectivity index (χ0n) is 8.57. The fourth-order valence-electron chi connectivity index (χ4n) is 3.09. The first-order chi connectivity index (χ1) is 6.49. The molecule has 0 unspecified atom stereocenters. The molecule has 0 heterocycles. The molecule has 0 aliphatic heterocycles. The van der Waals surface area contributed by atoms with Crippen molar-refractivity contribution in [2.45, 2.75) is 62.8 Å². The molecular weight excluding hydrogens is 184 g/mol. The van der Waals surface area contributed by atoms with Crippen LogP contribution in [-0.2, 0) is 0 Å². The Morgan fingerprint density at radius 2 is 1.64 bits per heavy atom. The van der Waals surface area contributed by atoms with Gasteiger partial charge in [0.25, 0.3) is 5.92 Å². The SMILES string of the molecule is NC1(CC2CCCCC2)CC(F)(F)C1. The van der Waals surface area contributed by atoms with Gasteiger partial charge in [0.2, 0.25) is 0 Å². The summed E-state index contributed by atoms with van der Waals surface area (Å²) in [6, 6.07) is 0. The maximum atomic E-state index is 12.7. The first-order valence-corrected chi connectivity index (χ1v) is 5.66. The Kier molecular flexibility index (Phi) is 2.54. The predicted octanol–water partition coefficient (Wildman–Crippen LogP) is 3.08. The third-order valence-electron chi connectivity index (χ3n) is 3.64. The van der Waals surface area contributed by atoms with Crippen LogP contribution in [-0.4, -0.2) is 11.5 Å². The number of nitrogens with two attached hydrogens (primary N) is 1. The maximum absolute atomic E-state index is 12.7. The third-order valence-corrected chi connectivity index (χ3v) is 3.64. The van der Waals surface area contributed by atoms with Gasteiger partial charge < -0.3 is 5.73 Å². The Bertz CT molecular complexity index is 201. The van der Waals surface area contributed by atoms with Crippen LogP contribution in [0.1, 0.15) is 51.4 Å². The first-order valence-electron chi connectivity index (χ1n) is 5.66. The van der Waals surface area contributed by atoms with Gasteiger partial charge in [0.05, 0.1) is 0 Å². The average molecular weight is 203 g/mol. The van der Waals surface area contributed by atoms with E-state index in [4.69, 9.17) is 5.73 Å². The van der Waals surface area contributed by atoms with E-state index in [1.807, 2.05) is 0 Å². The van der Waals surface area contributed by atoms with Crippen molar-refractivity contribution in [2.24, 2.45) is 11.7 Å².